The molecule has 2 rings (SSSR count). The van der Waals surface area contributed by atoms with Crippen molar-refractivity contribution in [3.8, 4) is 5.75 Å². The highest BCUT2D eigenvalue weighted by Crippen LogP contribution is 2.33. The zero-order chi connectivity index (χ0) is 14.5. The average molecular weight is 276 g/mol. The van der Waals surface area contributed by atoms with Crippen molar-refractivity contribution in [3.05, 3.63) is 46.8 Å². The van der Waals surface area contributed by atoms with E-state index in [-0.39, 0.29) is 23.5 Å². The molecular weight excluding hydrogens is 264 g/mol. The number of rotatable bonds is 5. The van der Waals surface area contributed by atoms with Crippen LogP contribution in [0.5, 0.6) is 5.75 Å². The first-order valence-electron chi connectivity index (χ1n) is 5.81. The molecule has 0 aliphatic carbocycles. The largest absolute Gasteiger partial charge is 0.505 e. The van der Waals surface area contributed by atoms with Gasteiger partial charge in [0.2, 0.25) is 5.91 Å². The highest BCUT2D eigenvalue weighted by Gasteiger charge is 2.19. The average Bonchev–Trinajstić information content (AvgIpc) is 2.91. The van der Waals surface area contributed by atoms with Gasteiger partial charge in [0.25, 0.3) is 5.69 Å². The van der Waals surface area contributed by atoms with Crippen molar-refractivity contribution in [3.63, 3.8) is 0 Å². The van der Waals surface area contributed by atoms with Crippen LogP contribution in [0, 0.1) is 10.1 Å². The molecule has 0 saturated heterocycles. The van der Waals surface area contributed by atoms with Crippen molar-refractivity contribution in [2.24, 2.45) is 0 Å². The molecule has 104 valence electrons. The third-order valence-electron chi connectivity index (χ3n) is 2.61. The number of para-hydroxylation sites is 1. The third-order valence-corrected chi connectivity index (χ3v) is 2.61. The summed E-state index contributed by atoms with van der Waals surface area (Å²) in [7, 11) is 0. The second-order valence-corrected chi connectivity index (χ2v) is 4.00. The normalized spacial score (nSPS) is 10.2. The van der Waals surface area contributed by atoms with Gasteiger partial charge in [-0.05, 0) is 12.1 Å². The quantitative estimate of drug-likeness (QED) is 0.488. The fourth-order valence-corrected chi connectivity index (χ4v) is 1.66. The fraction of sp³-hybridized carbons (Fsp3) is 0.167. The predicted molar refractivity (Wildman–Crippen MR) is 70.2 cm³/mol. The molecule has 0 saturated carbocycles. The molecule has 0 fully saturated rings. The molecule has 1 amide bonds. The Morgan fingerprint density at radius 1 is 1.45 bits per heavy atom. The van der Waals surface area contributed by atoms with E-state index in [1.165, 1.54) is 18.2 Å². The monoisotopic (exact) mass is 276 g/mol. The minimum atomic E-state index is -0.664. The van der Waals surface area contributed by atoms with Crippen LogP contribution in [-0.4, -0.2) is 25.7 Å². The van der Waals surface area contributed by atoms with Crippen LogP contribution in [0.15, 0.2) is 36.7 Å². The zero-order valence-electron chi connectivity index (χ0n) is 10.4. The molecule has 1 heterocycles. The van der Waals surface area contributed by atoms with E-state index in [1.54, 1.807) is 23.1 Å². The van der Waals surface area contributed by atoms with Crippen LogP contribution in [0.3, 0.4) is 0 Å². The number of hydrogen-bond acceptors (Lipinski definition) is 5. The van der Waals surface area contributed by atoms with Gasteiger partial charge in [-0.3, -0.25) is 19.6 Å². The van der Waals surface area contributed by atoms with Gasteiger partial charge in [0.1, 0.15) is 5.75 Å². The molecule has 1 aromatic carbocycles. The smallest absolute Gasteiger partial charge is 0.296 e. The first-order chi connectivity index (χ1) is 9.58. The Balaban J connectivity index is 2.06. The first-order valence-corrected chi connectivity index (χ1v) is 5.81. The number of carbonyl (C=O) groups excluding carboxylic acids is 1. The van der Waals surface area contributed by atoms with Gasteiger partial charge in [0.15, 0.2) is 5.69 Å². The van der Waals surface area contributed by atoms with Gasteiger partial charge >= 0.3 is 0 Å². The van der Waals surface area contributed by atoms with Gasteiger partial charge < -0.3 is 10.4 Å². The van der Waals surface area contributed by atoms with Crippen molar-refractivity contribution in [1.82, 2.24) is 9.78 Å². The van der Waals surface area contributed by atoms with E-state index in [1.807, 2.05) is 0 Å². The summed E-state index contributed by atoms with van der Waals surface area (Å²) in [6, 6.07) is 5.55. The number of phenols is 1. The summed E-state index contributed by atoms with van der Waals surface area (Å²) in [6.07, 6.45) is 3.38. The van der Waals surface area contributed by atoms with Gasteiger partial charge in [-0.15, -0.1) is 0 Å². The molecule has 0 unspecified atom stereocenters. The van der Waals surface area contributed by atoms with E-state index in [0.717, 1.165) is 0 Å². The molecule has 2 aromatic rings. The Labute approximate surface area is 113 Å². The Kier molecular flexibility index (Phi) is 3.94. The number of nitrogens with one attached hydrogen (secondary N) is 1. The van der Waals surface area contributed by atoms with Crippen molar-refractivity contribution >= 4 is 17.3 Å². The lowest BCUT2D eigenvalue weighted by molar-refractivity contribution is -0.384. The lowest BCUT2D eigenvalue weighted by atomic mass is 10.2. The van der Waals surface area contributed by atoms with Crippen LogP contribution in [-0.2, 0) is 11.3 Å². The number of nitrogens with zero attached hydrogens (tertiary/aromatic N) is 3. The maximum Gasteiger partial charge on any atom is 0.296 e. The molecule has 0 atom stereocenters. The summed E-state index contributed by atoms with van der Waals surface area (Å²) in [5, 5.41) is 26.7. The number of nitro groups is 1. The Morgan fingerprint density at radius 2 is 2.25 bits per heavy atom. The second-order valence-electron chi connectivity index (χ2n) is 4.00. The van der Waals surface area contributed by atoms with Crippen LogP contribution in [0.2, 0.25) is 0 Å². The molecule has 0 spiro atoms. The summed E-state index contributed by atoms with van der Waals surface area (Å²) < 4.78 is 1.57. The van der Waals surface area contributed by atoms with E-state index >= 15 is 0 Å². The molecule has 8 nitrogen and oxygen atoms in total. The number of carbonyl (C=O) groups is 1. The summed E-state index contributed by atoms with van der Waals surface area (Å²) in [5.74, 6) is -0.781. The predicted octanol–water partition coefficient (Wildman–Crippen LogP) is 1.53. The molecule has 0 aliphatic rings. The number of benzene rings is 1. The number of aromatic hydroxyl groups is 1. The van der Waals surface area contributed by atoms with E-state index in [0.29, 0.717) is 6.54 Å². The number of aryl methyl sites for hydroxylation is 1. The molecule has 20 heavy (non-hydrogen) atoms. The summed E-state index contributed by atoms with van der Waals surface area (Å²) >= 11 is 0. The van der Waals surface area contributed by atoms with Crippen LogP contribution in [0.1, 0.15) is 6.42 Å². The number of amides is 1. The van der Waals surface area contributed by atoms with Gasteiger partial charge in [0, 0.05) is 31.4 Å². The summed E-state index contributed by atoms with van der Waals surface area (Å²) in [4.78, 5) is 21.9. The molecule has 1 aromatic heterocycles. The molecule has 0 bridgehead atoms. The second kappa shape index (κ2) is 5.83. The van der Waals surface area contributed by atoms with Gasteiger partial charge in [-0.2, -0.15) is 5.10 Å². The van der Waals surface area contributed by atoms with Crippen molar-refractivity contribution < 1.29 is 14.8 Å². The standard InChI is InChI=1S/C12H12N4O4/c17-10-4-1-3-9(16(19)20)12(10)14-11(18)5-8-15-7-2-6-13-15/h1-4,6-7,17H,5,8H2,(H,14,18). The van der Waals surface area contributed by atoms with Gasteiger partial charge in [0.05, 0.1) is 4.92 Å². The highest BCUT2D eigenvalue weighted by molar-refractivity contribution is 5.94. The van der Waals surface area contributed by atoms with Gasteiger partial charge in [-0.25, -0.2) is 0 Å². The third kappa shape index (κ3) is 3.10. The molecular formula is C12H12N4O4. The number of aromatic nitrogens is 2. The zero-order valence-corrected chi connectivity index (χ0v) is 10.4. The maximum absolute atomic E-state index is 11.7. The van der Waals surface area contributed by atoms with E-state index < -0.39 is 10.8 Å². The van der Waals surface area contributed by atoms with Crippen molar-refractivity contribution in [1.29, 1.82) is 0 Å². The van der Waals surface area contributed by atoms with E-state index in [2.05, 4.69) is 10.4 Å². The Hall–Kier alpha value is -2.90. The van der Waals surface area contributed by atoms with Crippen LogP contribution >= 0.6 is 0 Å². The number of phenolic OH excluding ortho intramolecular Hbond substituents is 1. The topological polar surface area (TPSA) is 110 Å². The Morgan fingerprint density at radius 3 is 2.90 bits per heavy atom. The van der Waals surface area contributed by atoms with Crippen LogP contribution in [0.25, 0.3) is 0 Å². The first kappa shape index (κ1) is 13.5. The summed E-state index contributed by atoms with van der Waals surface area (Å²) in [5.41, 5.74) is -0.541. The number of hydrogen-bond donors (Lipinski definition) is 2. The van der Waals surface area contributed by atoms with Crippen molar-refractivity contribution in [2.75, 3.05) is 5.32 Å². The van der Waals surface area contributed by atoms with E-state index in [4.69, 9.17) is 0 Å². The van der Waals surface area contributed by atoms with Crippen LogP contribution < -0.4 is 5.32 Å². The Bertz CT molecular complexity index is 624. The van der Waals surface area contributed by atoms with Gasteiger partial charge in [-0.1, -0.05) is 6.07 Å². The van der Waals surface area contributed by atoms with Crippen LogP contribution in [0.4, 0.5) is 11.4 Å². The highest BCUT2D eigenvalue weighted by atomic mass is 16.6. The molecule has 0 aliphatic heterocycles. The van der Waals surface area contributed by atoms with Crippen molar-refractivity contribution in [2.45, 2.75) is 13.0 Å². The maximum atomic E-state index is 11.7. The number of nitro benzene ring substituents is 1. The molecule has 8 heteroatoms. The number of anilines is 1. The SMILES string of the molecule is O=C(CCn1cccn1)Nc1c(O)cccc1[N+](=O)[O-]. The summed E-state index contributed by atoms with van der Waals surface area (Å²) in [6.45, 7) is 0.347. The lowest BCUT2D eigenvalue weighted by Gasteiger charge is -2.07. The molecule has 0 radical (unpaired) electrons. The lowest BCUT2D eigenvalue weighted by Crippen LogP contribution is -2.15. The molecule has 2 N–H and O–H groups in total. The fourth-order valence-electron chi connectivity index (χ4n) is 1.66. The van der Waals surface area contributed by atoms with E-state index in [9.17, 15) is 20.0 Å². The minimum Gasteiger partial charge on any atom is -0.505 e. The minimum absolute atomic E-state index is 0.0904.